The Hall–Kier alpha value is -0.840. The smallest absolute Gasteiger partial charge is 0.118 e. The molecule has 1 aromatic heterocycles. The highest BCUT2D eigenvalue weighted by Gasteiger charge is 2.34. The fraction of sp³-hybridized carbons (Fsp3) is 0.765. The molecule has 2 unspecified atom stereocenters. The van der Waals surface area contributed by atoms with Crippen molar-refractivity contribution in [1.29, 1.82) is 0 Å². The molecule has 3 rings (SSSR count). The van der Waals surface area contributed by atoms with Gasteiger partial charge in [0.1, 0.15) is 11.5 Å². The molecule has 1 N–H and O–H groups in total. The lowest BCUT2D eigenvalue weighted by atomic mass is 9.84. The maximum absolute atomic E-state index is 5.93. The molecule has 1 aromatic rings. The van der Waals surface area contributed by atoms with Crippen molar-refractivity contribution in [3.63, 3.8) is 0 Å². The number of nitrogens with zero attached hydrogens (tertiary/aromatic N) is 2. The third-order valence-corrected chi connectivity index (χ3v) is 5.08. The van der Waals surface area contributed by atoms with Gasteiger partial charge in [-0.15, -0.1) is 0 Å². The van der Waals surface area contributed by atoms with Crippen LogP contribution in [0.1, 0.15) is 37.7 Å². The summed E-state index contributed by atoms with van der Waals surface area (Å²) in [6.07, 6.45) is 4.07. The summed E-state index contributed by atoms with van der Waals surface area (Å²) in [6, 6.07) is 5.07. The van der Waals surface area contributed by atoms with E-state index in [1.165, 1.54) is 38.9 Å². The molecule has 0 bridgehead atoms. The van der Waals surface area contributed by atoms with Gasteiger partial charge < -0.3 is 14.6 Å². The molecule has 4 heteroatoms. The van der Waals surface area contributed by atoms with Gasteiger partial charge in [-0.2, -0.15) is 0 Å². The van der Waals surface area contributed by atoms with Crippen LogP contribution in [-0.2, 0) is 13.1 Å². The number of furan rings is 1. The van der Waals surface area contributed by atoms with Crippen molar-refractivity contribution in [3.8, 4) is 0 Å². The highest BCUT2D eigenvalue weighted by atomic mass is 16.3. The van der Waals surface area contributed by atoms with Crippen LogP contribution in [0, 0.1) is 5.92 Å². The van der Waals surface area contributed by atoms with Crippen LogP contribution in [-0.4, -0.2) is 49.1 Å². The second-order valence-electron chi connectivity index (χ2n) is 6.62. The van der Waals surface area contributed by atoms with Crippen molar-refractivity contribution in [1.82, 2.24) is 15.1 Å². The fourth-order valence-corrected chi connectivity index (χ4v) is 3.94. The molecule has 2 fully saturated rings. The van der Waals surface area contributed by atoms with E-state index in [-0.39, 0.29) is 0 Å². The van der Waals surface area contributed by atoms with Crippen LogP contribution in [0.15, 0.2) is 16.5 Å². The molecule has 2 atom stereocenters. The molecule has 2 aliphatic heterocycles. The molecule has 0 aromatic carbocycles. The maximum atomic E-state index is 5.93. The van der Waals surface area contributed by atoms with E-state index in [9.17, 15) is 0 Å². The Labute approximate surface area is 128 Å². The number of hydrogen-bond donors (Lipinski definition) is 1. The van der Waals surface area contributed by atoms with E-state index in [1.54, 1.807) is 0 Å². The molecule has 2 aliphatic rings. The average molecular weight is 291 g/mol. The number of rotatable bonds is 5. The summed E-state index contributed by atoms with van der Waals surface area (Å²) >= 11 is 0. The maximum Gasteiger partial charge on any atom is 0.118 e. The highest BCUT2D eigenvalue weighted by Crippen LogP contribution is 2.30. The lowest BCUT2D eigenvalue weighted by molar-refractivity contribution is 0.0328. The molecule has 4 nitrogen and oxygen atoms in total. The van der Waals surface area contributed by atoms with Gasteiger partial charge in [-0.3, -0.25) is 4.90 Å². The molecule has 21 heavy (non-hydrogen) atoms. The number of piperidine rings is 2. The van der Waals surface area contributed by atoms with Gasteiger partial charge in [0.25, 0.3) is 0 Å². The number of hydrogen-bond acceptors (Lipinski definition) is 4. The molecular formula is C17H29N3O. The number of fused-ring (bicyclic) bond motifs is 1. The molecule has 0 amide bonds. The van der Waals surface area contributed by atoms with Gasteiger partial charge in [0.15, 0.2) is 0 Å². The third-order valence-electron chi connectivity index (χ3n) is 5.08. The monoisotopic (exact) mass is 291 g/mol. The summed E-state index contributed by atoms with van der Waals surface area (Å²) in [4.78, 5) is 5.16. The summed E-state index contributed by atoms with van der Waals surface area (Å²) in [7, 11) is 2.30. The van der Waals surface area contributed by atoms with Crippen LogP contribution in [0.25, 0.3) is 0 Å². The van der Waals surface area contributed by atoms with Crippen molar-refractivity contribution >= 4 is 0 Å². The van der Waals surface area contributed by atoms with Crippen molar-refractivity contribution in [3.05, 3.63) is 23.7 Å². The predicted molar refractivity (Wildman–Crippen MR) is 85.1 cm³/mol. The van der Waals surface area contributed by atoms with E-state index in [0.717, 1.165) is 43.1 Å². The average Bonchev–Trinajstić information content (AvgIpc) is 2.93. The van der Waals surface area contributed by atoms with Gasteiger partial charge >= 0.3 is 0 Å². The molecule has 2 saturated heterocycles. The fourth-order valence-electron chi connectivity index (χ4n) is 3.94. The van der Waals surface area contributed by atoms with Gasteiger partial charge in [0.05, 0.1) is 13.1 Å². The molecule has 0 spiro atoms. The Bertz CT molecular complexity index is 445. The second kappa shape index (κ2) is 6.95. The van der Waals surface area contributed by atoms with Crippen LogP contribution in [0.2, 0.25) is 0 Å². The van der Waals surface area contributed by atoms with Crippen LogP contribution in [0.5, 0.6) is 0 Å². The van der Waals surface area contributed by atoms with E-state index in [2.05, 4.69) is 41.2 Å². The van der Waals surface area contributed by atoms with E-state index < -0.39 is 0 Å². The van der Waals surface area contributed by atoms with E-state index in [4.69, 9.17) is 4.42 Å². The lowest BCUT2D eigenvalue weighted by Crippen LogP contribution is -2.52. The van der Waals surface area contributed by atoms with E-state index in [0.29, 0.717) is 0 Å². The highest BCUT2D eigenvalue weighted by molar-refractivity contribution is 5.07. The summed E-state index contributed by atoms with van der Waals surface area (Å²) < 4.78 is 5.93. The zero-order chi connectivity index (χ0) is 14.7. The normalized spacial score (nSPS) is 27.7. The molecule has 3 heterocycles. The standard InChI is InChI=1S/C17H29N3O/c1-3-18-11-15-6-7-16(21-15)13-20-10-8-17-14(12-20)5-4-9-19(17)2/h6-7,14,17-18H,3-5,8-13H2,1-2H3. The first kappa shape index (κ1) is 15.1. The summed E-state index contributed by atoms with van der Waals surface area (Å²) in [5.74, 6) is 3.03. The van der Waals surface area contributed by atoms with Gasteiger partial charge in [-0.05, 0) is 57.5 Å². The Morgan fingerprint density at radius 3 is 2.95 bits per heavy atom. The van der Waals surface area contributed by atoms with Crippen molar-refractivity contribution in [2.24, 2.45) is 5.92 Å². The Kier molecular flexibility index (Phi) is 4.99. The summed E-state index contributed by atoms with van der Waals surface area (Å²) in [6.45, 7) is 8.64. The topological polar surface area (TPSA) is 31.6 Å². The Morgan fingerprint density at radius 2 is 2.10 bits per heavy atom. The molecule has 0 saturated carbocycles. The summed E-state index contributed by atoms with van der Waals surface area (Å²) in [5, 5.41) is 3.31. The number of nitrogens with one attached hydrogen (secondary N) is 1. The largest absolute Gasteiger partial charge is 0.463 e. The second-order valence-corrected chi connectivity index (χ2v) is 6.62. The minimum absolute atomic E-state index is 0.816. The minimum atomic E-state index is 0.816. The zero-order valence-electron chi connectivity index (χ0n) is 13.5. The Morgan fingerprint density at radius 1 is 1.24 bits per heavy atom. The third kappa shape index (κ3) is 3.68. The van der Waals surface area contributed by atoms with Crippen molar-refractivity contribution < 1.29 is 4.42 Å². The van der Waals surface area contributed by atoms with Crippen LogP contribution < -0.4 is 5.32 Å². The SMILES string of the molecule is CCNCc1ccc(CN2CCC3C(CCCN3C)C2)o1. The first-order chi connectivity index (χ1) is 10.3. The lowest BCUT2D eigenvalue weighted by Gasteiger charge is -2.45. The van der Waals surface area contributed by atoms with Crippen LogP contribution in [0.3, 0.4) is 0 Å². The molecule has 118 valence electrons. The van der Waals surface area contributed by atoms with Crippen molar-refractivity contribution in [2.45, 2.75) is 45.3 Å². The van der Waals surface area contributed by atoms with Crippen LogP contribution in [0.4, 0.5) is 0 Å². The molecule has 0 aliphatic carbocycles. The van der Waals surface area contributed by atoms with Gasteiger partial charge in [-0.1, -0.05) is 6.92 Å². The predicted octanol–water partition coefficient (Wildman–Crippen LogP) is 2.31. The summed E-state index contributed by atoms with van der Waals surface area (Å²) in [5.41, 5.74) is 0. The Balaban J connectivity index is 1.53. The number of likely N-dealkylation sites (tertiary alicyclic amines) is 2. The minimum Gasteiger partial charge on any atom is -0.463 e. The first-order valence-corrected chi connectivity index (χ1v) is 8.47. The quantitative estimate of drug-likeness (QED) is 0.902. The van der Waals surface area contributed by atoms with Crippen LogP contribution >= 0.6 is 0 Å². The first-order valence-electron chi connectivity index (χ1n) is 8.47. The van der Waals surface area contributed by atoms with Gasteiger partial charge in [-0.25, -0.2) is 0 Å². The van der Waals surface area contributed by atoms with E-state index >= 15 is 0 Å². The zero-order valence-corrected chi connectivity index (χ0v) is 13.5. The van der Waals surface area contributed by atoms with Gasteiger partial charge in [0, 0.05) is 19.1 Å². The van der Waals surface area contributed by atoms with E-state index in [1.807, 2.05) is 0 Å². The van der Waals surface area contributed by atoms with Crippen molar-refractivity contribution in [2.75, 3.05) is 33.2 Å². The molecular weight excluding hydrogens is 262 g/mol. The van der Waals surface area contributed by atoms with Gasteiger partial charge in [0.2, 0.25) is 0 Å². The molecule has 0 radical (unpaired) electrons.